The second-order valence-corrected chi connectivity index (χ2v) is 11.7. The van der Waals surface area contributed by atoms with Crippen LogP contribution in [-0.4, -0.2) is 64.5 Å². The number of hydrogen-bond donors (Lipinski definition) is 2. The normalized spacial score (nSPS) is 11.5. The van der Waals surface area contributed by atoms with Crippen molar-refractivity contribution in [3.05, 3.63) is 59.7 Å². The van der Waals surface area contributed by atoms with Crippen molar-refractivity contribution in [3.8, 4) is 11.5 Å². The van der Waals surface area contributed by atoms with Crippen LogP contribution in [0, 0.1) is 0 Å². The van der Waals surface area contributed by atoms with Gasteiger partial charge in [-0.15, -0.1) is 0 Å². The Morgan fingerprint density at radius 2 is 0.833 bits per heavy atom. The van der Waals surface area contributed by atoms with E-state index in [0.717, 1.165) is 50.5 Å². The van der Waals surface area contributed by atoms with E-state index in [9.17, 15) is 0 Å². The summed E-state index contributed by atoms with van der Waals surface area (Å²) in [7, 11) is 7.89. The Kier molecular flexibility index (Phi) is 20.9. The zero-order valence-electron chi connectivity index (χ0n) is 27.5. The van der Waals surface area contributed by atoms with Gasteiger partial charge in [-0.1, -0.05) is 87.8 Å². The van der Waals surface area contributed by atoms with Crippen LogP contribution >= 0.6 is 0 Å². The van der Waals surface area contributed by atoms with E-state index in [-0.39, 0.29) is 0 Å². The van der Waals surface area contributed by atoms with E-state index < -0.39 is 0 Å². The van der Waals surface area contributed by atoms with Gasteiger partial charge in [0.25, 0.3) is 0 Å². The molecule has 0 radical (unpaired) electrons. The van der Waals surface area contributed by atoms with Gasteiger partial charge in [0.1, 0.15) is 11.5 Å². The van der Waals surface area contributed by atoms with Gasteiger partial charge in [0.2, 0.25) is 0 Å². The van der Waals surface area contributed by atoms with Crippen molar-refractivity contribution in [2.24, 2.45) is 0 Å². The predicted octanol–water partition coefficient (Wildman–Crippen LogP) is 7.82. The molecule has 2 rings (SSSR count). The first-order valence-corrected chi connectivity index (χ1v) is 16.8. The largest absolute Gasteiger partial charge is 0.496 e. The van der Waals surface area contributed by atoms with E-state index in [0.29, 0.717) is 0 Å². The number of nitrogens with zero attached hydrogens (tertiary/aromatic N) is 2. The van der Waals surface area contributed by atoms with Crippen molar-refractivity contribution >= 4 is 0 Å². The standard InChI is InChI=1S/C36H62N4O2/c1-39(31-21-11-7-13-23-33-25-15-17-27-35(33)41-3)37-29-19-9-5-6-10-20-30-38-40(2)32-22-12-8-14-24-34-26-16-18-28-36(34)42-4/h15-18,25-28,37-38H,5-14,19-24,29-32H2,1-4H3. The third-order valence-corrected chi connectivity index (χ3v) is 8.13. The molecule has 0 spiro atoms. The Bertz CT molecular complexity index is 836. The molecule has 0 saturated heterocycles. The maximum Gasteiger partial charge on any atom is 0.122 e. The lowest BCUT2D eigenvalue weighted by Crippen LogP contribution is -2.35. The smallest absolute Gasteiger partial charge is 0.122 e. The summed E-state index contributed by atoms with van der Waals surface area (Å²) in [5, 5.41) is 4.56. The Hall–Kier alpha value is -2.12. The Balaban J connectivity index is 1.29. The van der Waals surface area contributed by atoms with Crippen LogP contribution in [0.1, 0.15) is 101 Å². The molecule has 2 N–H and O–H groups in total. The van der Waals surface area contributed by atoms with Crippen molar-refractivity contribution in [2.75, 3.05) is 54.5 Å². The summed E-state index contributed by atoms with van der Waals surface area (Å²) in [6.45, 7) is 4.44. The van der Waals surface area contributed by atoms with Crippen LogP contribution in [0.5, 0.6) is 11.5 Å². The van der Waals surface area contributed by atoms with Crippen LogP contribution in [0.15, 0.2) is 48.5 Å². The molecule has 0 aliphatic rings. The molecule has 0 aliphatic carbocycles. The maximum absolute atomic E-state index is 5.46. The molecule has 42 heavy (non-hydrogen) atoms. The molecular formula is C36H62N4O2. The average molecular weight is 583 g/mol. The van der Waals surface area contributed by atoms with Crippen LogP contribution in [0.3, 0.4) is 0 Å². The van der Waals surface area contributed by atoms with Gasteiger partial charge in [-0.05, 0) is 74.6 Å². The first kappa shape index (κ1) is 36.1. The molecule has 0 amide bonds. The number of hydrazine groups is 2. The predicted molar refractivity (Wildman–Crippen MR) is 179 cm³/mol. The molecule has 0 atom stereocenters. The monoisotopic (exact) mass is 582 g/mol. The van der Waals surface area contributed by atoms with E-state index in [2.05, 4.69) is 71.4 Å². The Morgan fingerprint density at radius 3 is 1.26 bits per heavy atom. The van der Waals surface area contributed by atoms with Crippen LogP contribution < -0.4 is 20.3 Å². The number of ether oxygens (including phenoxy) is 2. The number of aryl methyl sites for hydroxylation is 2. The van der Waals surface area contributed by atoms with E-state index in [1.807, 2.05) is 12.1 Å². The van der Waals surface area contributed by atoms with Gasteiger partial charge in [-0.25, -0.2) is 10.0 Å². The quantitative estimate of drug-likeness (QED) is 0.0827. The van der Waals surface area contributed by atoms with Crippen LogP contribution in [-0.2, 0) is 12.8 Å². The lowest BCUT2D eigenvalue weighted by atomic mass is 10.1. The van der Waals surface area contributed by atoms with Crippen molar-refractivity contribution in [3.63, 3.8) is 0 Å². The maximum atomic E-state index is 5.46. The summed E-state index contributed by atoms with van der Waals surface area (Å²) in [5.74, 6) is 2.05. The Morgan fingerprint density at radius 1 is 0.476 bits per heavy atom. The van der Waals surface area contributed by atoms with Crippen LogP contribution in [0.25, 0.3) is 0 Å². The molecule has 0 aromatic heterocycles. The lowest BCUT2D eigenvalue weighted by molar-refractivity contribution is 0.226. The van der Waals surface area contributed by atoms with Gasteiger partial charge in [-0.2, -0.15) is 0 Å². The first-order valence-electron chi connectivity index (χ1n) is 16.8. The summed E-state index contributed by atoms with van der Waals surface area (Å²) in [6.07, 6.45) is 20.2. The van der Waals surface area contributed by atoms with Crippen LogP contribution in [0.2, 0.25) is 0 Å². The summed E-state index contributed by atoms with van der Waals surface area (Å²) < 4.78 is 10.9. The second-order valence-electron chi connectivity index (χ2n) is 11.7. The highest BCUT2D eigenvalue weighted by Gasteiger charge is 2.04. The molecule has 6 nitrogen and oxygen atoms in total. The lowest BCUT2D eigenvalue weighted by Gasteiger charge is -2.18. The minimum atomic E-state index is 1.02. The minimum Gasteiger partial charge on any atom is -0.496 e. The van der Waals surface area contributed by atoms with Gasteiger partial charge < -0.3 is 9.47 Å². The van der Waals surface area contributed by atoms with Crippen LogP contribution in [0.4, 0.5) is 0 Å². The van der Waals surface area contributed by atoms with Gasteiger partial charge in [0.05, 0.1) is 14.2 Å². The van der Waals surface area contributed by atoms with Crippen molar-refractivity contribution in [2.45, 2.75) is 103 Å². The average Bonchev–Trinajstić information content (AvgIpc) is 3.01. The summed E-state index contributed by atoms with van der Waals surface area (Å²) in [4.78, 5) is 0. The summed E-state index contributed by atoms with van der Waals surface area (Å²) in [6, 6.07) is 16.8. The van der Waals surface area contributed by atoms with Gasteiger partial charge >= 0.3 is 0 Å². The van der Waals surface area contributed by atoms with Gasteiger partial charge in [-0.3, -0.25) is 10.9 Å². The first-order chi connectivity index (χ1) is 20.6. The van der Waals surface area contributed by atoms with E-state index >= 15 is 0 Å². The zero-order valence-corrected chi connectivity index (χ0v) is 27.5. The molecule has 0 unspecified atom stereocenters. The number of methoxy groups -OCH3 is 2. The number of rotatable bonds is 27. The molecule has 0 aliphatic heterocycles. The second kappa shape index (κ2) is 24.3. The Labute approximate surface area is 258 Å². The number of benzene rings is 2. The van der Waals surface area contributed by atoms with Crippen molar-refractivity contribution in [1.29, 1.82) is 0 Å². The zero-order chi connectivity index (χ0) is 30.1. The van der Waals surface area contributed by atoms with E-state index in [4.69, 9.17) is 9.47 Å². The third-order valence-electron chi connectivity index (χ3n) is 8.13. The van der Waals surface area contributed by atoms with Crippen molar-refractivity contribution < 1.29 is 9.47 Å². The minimum absolute atomic E-state index is 1.02. The summed E-state index contributed by atoms with van der Waals surface area (Å²) in [5.41, 5.74) is 9.81. The SMILES string of the molecule is COc1ccccc1CCCCCCN(C)NCCCCCCCCNN(C)CCCCCCc1ccccc1OC. The topological polar surface area (TPSA) is 49.0 Å². The molecule has 0 saturated carbocycles. The fourth-order valence-electron chi connectivity index (χ4n) is 5.51. The van der Waals surface area contributed by atoms with E-state index in [1.54, 1.807) is 14.2 Å². The third kappa shape index (κ3) is 17.1. The number of unbranched alkanes of at least 4 members (excludes halogenated alkanes) is 11. The van der Waals surface area contributed by atoms with E-state index in [1.165, 1.54) is 101 Å². The van der Waals surface area contributed by atoms with Crippen molar-refractivity contribution in [1.82, 2.24) is 20.9 Å². The fourth-order valence-corrected chi connectivity index (χ4v) is 5.51. The number of para-hydroxylation sites is 2. The fraction of sp³-hybridized carbons (Fsp3) is 0.667. The molecule has 238 valence electrons. The summed E-state index contributed by atoms with van der Waals surface area (Å²) >= 11 is 0. The molecular weight excluding hydrogens is 520 g/mol. The molecule has 2 aromatic rings. The number of hydrogen-bond acceptors (Lipinski definition) is 6. The molecule has 0 fully saturated rings. The molecule has 0 bridgehead atoms. The highest BCUT2D eigenvalue weighted by atomic mass is 16.5. The van der Waals surface area contributed by atoms with Gasteiger partial charge in [0.15, 0.2) is 0 Å². The highest BCUT2D eigenvalue weighted by molar-refractivity contribution is 5.33. The molecule has 6 heteroatoms. The number of nitrogens with one attached hydrogen (secondary N) is 2. The molecule has 2 aromatic carbocycles. The highest BCUT2D eigenvalue weighted by Crippen LogP contribution is 2.21. The van der Waals surface area contributed by atoms with Gasteiger partial charge in [0, 0.05) is 40.3 Å². The molecule has 0 heterocycles.